The summed E-state index contributed by atoms with van der Waals surface area (Å²) < 4.78 is 15.9. The van der Waals surface area contributed by atoms with Gasteiger partial charge in [-0.2, -0.15) is 0 Å². The summed E-state index contributed by atoms with van der Waals surface area (Å²) in [6.07, 6.45) is 0.201. The second-order valence-electron chi connectivity index (χ2n) is 4.95. The first kappa shape index (κ1) is 14.7. The highest BCUT2D eigenvalue weighted by Crippen LogP contribution is 2.28. The quantitative estimate of drug-likeness (QED) is 0.573. The minimum atomic E-state index is -1.39. The van der Waals surface area contributed by atoms with Crippen LogP contribution in [-0.4, -0.2) is 73.5 Å². The Bertz CT molecular complexity index is 325. The predicted octanol–water partition coefficient (Wildman–Crippen LogP) is -1.58. The molecule has 0 aromatic carbocycles. The van der Waals surface area contributed by atoms with Crippen molar-refractivity contribution >= 4 is 5.91 Å². The number of ether oxygens (including phenoxy) is 3. The molecule has 0 radical (unpaired) electrons. The lowest BCUT2D eigenvalue weighted by Crippen LogP contribution is -2.64. The molecule has 0 bridgehead atoms. The van der Waals surface area contributed by atoms with E-state index >= 15 is 0 Å². The van der Waals surface area contributed by atoms with Crippen molar-refractivity contribution in [1.29, 1.82) is 0 Å². The van der Waals surface area contributed by atoms with Crippen LogP contribution in [0.25, 0.3) is 0 Å². The minimum absolute atomic E-state index is 0.200. The fourth-order valence-electron chi connectivity index (χ4n) is 2.56. The number of aliphatic hydroxyl groups excluding tert-OH is 2. The van der Waals surface area contributed by atoms with E-state index in [1.165, 1.54) is 7.11 Å². The Morgan fingerprint density at radius 2 is 2.32 bits per heavy atom. The van der Waals surface area contributed by atoms with Gasteiger partial charge in [0.2, 0.25) is 0 Å². The average Bonchev–Trinajstić information content (AvgIpc) is 2.83. The number of nitrogens with one attached hydrogen (secondary N) is 1. The summed E-state index contributed by atoms with van der Waals surface area (Å²) in [6, 6.07) is -0.473. The lowest BCUT2D eigenvalue weighted by Gasteiger charge is -2.40. The summed E-state index contributed by atoms with van der Waals surface area (Å²) in [5, 5.41) is 21.9. The Morgan fingerprint density at radius 1 is 1.53 bits per heavy atom. The molecule has 7 heteroatoms. The van der Waals surface area contributed by atoms with Crippen LogP contribution in [0.15, 0.2) is 0 Å². The van der Waals surface area contributed by atoms with Crippen LogP contribution in [0.4, 0.5) is 0 Å². The van der Waals surface area contributed by atoms with Crippen LogP contribution < -0.4 is 5.32 Å². The smallest absolute Gasteiger partial charge is 0.257 e. The van der Waals surface area contributed by atoms with Crippen molar-refractivity contribution in [3.05, 3.63) is 0 Å². The molecule has 1 amide bonds. The number of hydrogen-bond donors (Lipinski definition) is 3. The van der Waals surface area contributed by atoms with E-state index in [1.54, 1.807) is 0 Å². The van der Waals surface area contributed by atoms with Gasteiger partial charge in [0.1, 0.15) is 0 Å². The molecular formula is C12H21NO6. The van der Waals surface area contributed by atoms with Gasteiger partial charge in [-0.05, 0) is 12.8 Å². The maximum atomic E-state index is 12.4. The molecule has 0 spiro atoms. The van der Waals surface area contributed by atoms with E-state index in [1.807, 2.05) is 0 Å². The highest BCUT2D eigenvalue weighted by Gasteiger charge is 2.50. The average molecular weight is 275 g/mol. The number of carbonyl (C=O) groups is 1. The normalized spacial score (nSPS) is 39.2. The van der Waals surface area contributed by atoms with Crippen molar-refractivity contribution in [1.82, 2.24) is 5.32 Å². The van der Waals surface area contributed by atoms with Gasteiger partial charge in [0.25, 0.3) is 5.91 Å². The Labute approximate surface area is 111 Å². The monoisotopic (exact) mass is 275 g/mol. The third-order valence-electron chi connectivity index (χ3n) is 3.76. The van der Waals surface area contributed by atoms with Crippen molar-refractivity contribution in [2.24, 2.45) is 0 Å². The zero-order chi connectivity index (χ0) is 13.9. The number of rotatable bonds is 4. The number of amides is 1. The first-order valence-corrected chi connectivity index (χ1v) is 6.48. The fraction of sp³-hybridized carbons (Fsp3) is 0.917. The summed E-state index contributed by atoms with van der Waals surface area (Å²) in [5.41, 5.74) is -1.39. The van der Waals surface area contributed by atoms with Crippen LogP contribution in [0.3, 0.4) is 0 Å². The Hall–Kier alpha value is -0.730. The molecule has 2 rings (SSSR count). The summed E-state index contributed by atoms with van der Waals surface area (Å²) in [6.45, 7) is 0.399. The zero-order valence-corrected chi connectivity index (χ0v) is 11.0. The van der Waals surface area contributed by atoms with Gasteiger partial charge in [-0.1, -0.05) is 0 Å². The van der Waals surface area contributed by atoms with Gasteiger partial charge in [0, 0.05) is 13.7 Å². The van der Waals surface area contributed by atoms with E-state index in [2.05, 4.69) is 5.32 Å². The highest BCUT2D eigenvalue weighted by molar-refractivity contribution is 5.86. The summed E-state index contributed by atoms with van der Waals surface area (Å²) in [7, 11) is 1.49. The maximum absolute atomic E-state index is 12.4. The van der Waals surface area contributed by atoms with Crippen molar-refractivity contribution in [2.75, 3.05) is 33.5 Å². The van der Waals surface area contributed by atoms with Gasteiger partial charge in [-0.3, -0.25) is 4.79 Å². The molecule has 2 unspecified atom stereocenters. The fourth-order valence-corrected chi connectivity index (χ4v) is 2.56. The van der Waals surface area contributed by atoms with Gasteiger partial charge < -0.3 is 29.7 Å². The maximum Gasteiger partial charge on any atom is 0.257 e. The van der Waals surface area contributed by atoms with Crippen LogP contribution in [0.5, 0.6) is 0 Å². The van der Waals surface area contributed by atoms with Crippen molar-refractivity contribution < 1.29 is 29.2 Å². The van der Waals surface area contributed by atoms with Gasteiger partial charge >= 0.3 is 0 Å². The van der Waals surface area contributed by atoms with Crippen LogP contribution in [0.2, 0.25) is 0 Å². The molecule has 7 nitrogen and oxygen atoms in total. The first-order chi connectivity index (χ1) is 9.14. The van der Waals surface area contributed by atoms with E-state index in [0.717, 1.165) is 6.42 Å². The molecule has 2 saturated heterocycles. The highest BCUT2D eigenvalue weighted by atomic mass is 16.6. The molecule has 2 aliphatic heterocycles. The molecular weight excluding hydrogens is 254 g/mol. The molecule has 0 aromatic heterocycles. The molecule has 3 N–H and O–H groups in total. The van der Waals surface area contributed by atoms with Gasteiger partial charge in [-0.25, -0.2) is 0 Å². The van der Waals surface area contributed by atoms with Crippen molar-refractivity contribution in [2.45, 2.75) is 36.7 Å². The van der Waals surface area contributed by atoms with E-state index in [4.69, 9.17) is 14.2 Å². The molecule has 2 heterocycles. The minimum Gasteiger partial charge on any atom is -0.393 e. The molecule has 110 valence electrons. The van der Waals surface area contributed by atoms with Crippen LogP contribution in [-0.2, 0) is 19.0 Å². The lowest BCUT2D eigenvalue weighted by molar-refractivity contribution is -0.194. The number of hydrogen-bond acceptors (Lipinski definition) is 6. The number of aliphatic hydroxyl groups is 2. The summed E-state index contributed by atoms with van der Waals surface area (Å²) >= 11 is 0. The van der Waals surface area contributed by atoms with Crippen molar-refractivity contribution in [3.63, 3.8) is 0 Å². The van der Waals surface area contributed by atoms with Crippen LogP contribution in [0.1, 0.15) is 12.8 Å². The van der Waals surface area contributed by atoms with E-state index < -0.39 is 36.4 Å². The van der Waals surface area contributed by atoms with E-state index in [0.29, 0.717) is 13.0 Å². The molecule has 0 aliphatic carbocycles. The topological polar surface area (TPSA) is 97.2 Å². The Kier molecular flexibility index (Phi) is 4.75. The molecule has 19 heavy (non-hydrogen) atoms. The van der Waals surface area contributed by atoms with Gasteiger partial charge in [0.15, 0.2) is 5.60 Å². The third kappa shape index (κ3) is 2.75. The van der Waals surface area contributed by atoms with Gasteiger partial charge in [-0.15, -0.1) is 0 Å². The molecule has 0 saturated carbocycles. The van der Waals surface area contributed by atoms with E-state index in [9.17, 15) is 15.0 Å². The SMILES string of the molecule is COC1CCCOC1(CO)C(=O)N[C@@H]1COC[C@H]1O. The third-order valence-corrected chi connectivity index (χ3v) is 3.76. The molecule has 0 aromatic rings. The standard InChI is InChI=1S/C12H21NO6/c1-17-10-3-2-4-19-12(10,7-14)11(16)13-8-5-18-6-9(8)15/h8-10,14-15H,2-7H2,1H3,(H,13,16)/t8-,9-,10?,12?/m1/s1. The van der Waals surface area contributed by atoms with Gasteiger partial charge in [0.05, 0.1) is 38.1 Å². The Balaban J connectivity index is 2.08. The number of methoxy groups -OCH3 is 1. The first-order valence-electron chi connectivity index (χ1n) is 6.48. The lowest BCUT2D eigenvalue weighted by atomic mass is 9.89. The zero-order valence-electron chi connectivity index (χ0n) is 11.0. The predicted molar refractivity (Wildman–Crippen MR) is 64.6 cm³/mol. The Morgan fingerprint density at radius 3 is 2.89 bits per heavy atom. The summed E-state index contributed by atoms with van der Waals surface area (Å²) in [4.78, 5) is 12.4. The second kappa shape index (κ2) is 6.15. The van der Waals surface area contributed by atoms with E-state index in [-0.39, 0.29) is 13.2 Å². The van der Waals surface area contributed by atoms with Crippen LogP contribution in [0, 0.1) is 0 Å². The van der Waals surface area contributed by atoms with Crippen molar-refractivity contribution in [3.8, 4) is 0 Å². The second-order valence-corrected chi connectivity index (χ2v) is 4.95. The molecule has 2 fully saturated rings. The largest absolute Gasteiger partial charge is 0.393 e. The van der Waals surface area contributed by atoms with Crippen LogP contribution >= 0.6 is 0 Å². The molecule has 4 atom stereocenters. The molecule has 2 aliphatic rings. The summed E-state index contributed by atoms with van der Waals surface area (Å²) in [5.74, 6) is -0.462. The number of carbonyl (C=O) groups excluding carboxylic acids is 1.